The van der Waals surface area contributed by atoms with Crippen LogP contribution in [0.3, 0.4) is 0 Å². The first kappa shape index (κ1) is 23.4. The summed E-state index contributed by atoms with van der Waals surface area (Å²) in [6.45, 7) is 1.86. The van der Waals surface area contributed by atoms with E-state index in [9.17, 15) is 29.6 Å². The van der Waals surface area contributed by atoms with Gasteiger partial charge in [0.1, 0.15) is 11.8 Å². The maximum Gasteiger partial charge on any atom is 0.338 e. The summed E-state index contributed by atoms with van der Waals surface area (Å²) in [5, 5.41) is 22.9. The molecule has 9 nitrogen and oxygen atoms in total. The number of nitro groups is 1. The number of Topliss-reactive ketones (excluding diaryl/α,β-unsaturated/α-hetero) is 1. The highest BCUT2D eigenvalue weighted by molar-refractivity contribution is 6.51. The highest BCUT2D eigenvalue weighted by Crippen LogP contribution is 2.44. The van der Waals surface area contributed by atoms with Crippen molar-refractivity contribution >= 4 is 34.8 Å². The Balaban J connectivity index is 1.92. The predicted octanol–water partition coefficient (Wildman–Crippen LogP) is 4.40. The van der Waals surface area contributed by atoms with Gasteiger partial charge in [0.25, 0.3) is 17.4 Å². The van der Waals surface area contributed by atoms with Gasteiger partial charge in [-0.1, -0.05) is 42.5 Å². The summed E-state index contributed by atoms with van der Waals surface area (Å²) in [6, 6.07) is 18.4. The van der Waals surface area contributed by atoms with E-state index in [0.29, 0.717) is 0 Å². The third-order valence-corrected chi connectivity index (χ3v) is 5.58. The summed E-state index contributed by atoms with van der Waals surface area (Å²) in [4.78, 5) is 50.7. The molecular formula is C26H20N2O7. The van der Waals surface area contributed by atoms with E-state index in [-0.39, 0.29) is 40.2 Å². The largest absolute Gasteiger partial charge is 0.507 e. The minimum Gasteiger partial charge on any atom is -0.507 e. The van der Waals surface area contributed by atoms with Crippen molar-refractivity contribution < 1.29 is 29.2 Å². The average Bonchev–Trinajstić information content (AvgIpc) is 3.14. The Morgan fingerprint density at radius 2 is 1.60 bits per heavy atom. The molecule has 176 valence electrons. The van der Waals surface area contributed by atoms with Gasteiger partial charge in [-0.2, -0.15) is 0 Å². The summed E-state index contributed by atoms with van der Waals surface area (Å²) in [5.41, 5.74) is 0.209. The van der Waals surface area contributed by atoms with Gasteiger partial charge >= 0.3 is 5.97 Å². The van der Waals surface area contributed by atoms with Gasteiger partial charge in [0.15, 0.2) is 0 Å². The number of ether oxygens (including phenoxy) is 1. The van der Waals surface area contributed by atoms with Gasteiger partial charge in [0.05, 0.1) is 28.2 Å². The van der Waals surface area contributed by atoms with Crippen molar-refractivity contribution in [2.24, 2.45) is 0 Å². The second-order valence-electron chi connectivity index (χ2n) is 7.62. The fourth-order valence-corrected chi connectivity index (χ4v) is 4.00. The lowest BCUT2D eigenvalue weighted by atomic mass is 9.94. The van der Waals surface area contributed by atoms with Crippen LogP contribution in [0, 0.1) is 10.1 Å². The molecule has 1 heterocycles. The molecule has 4 rings (SSSR count). The van der Waals surface area contributed by atoms with E-state index in [2.05, 4.69) is 0 Å². The van der Waals surface area contributed by atoms with E-state index in [1.165, 1.54) is 42.5 Å². The predicted molar refractivity (Wildman–Crippen MR) is 127 cm³/mol. The minimum absolute atomic E-state index is 0.0589. The molecule has 0 aliphatic carbocycles. The van der Waals surface area contributed by atoms with Gasteiger partial charge in [-0.3, -0.25) is 24.6 Å². The number of aliphatic hydroxyl groups is 1. The maximum atomic E-state index is 13.2. The number of carbonyl (C=O) groups is 3. The molecule has 1 N–H and O–H groups in total. The van der Waals surface area contributed by atoms with Gasteiger partial charge in [0.2, 0.25) is 0 Å². The van der Waals surface area contributed by atoms with Crippen LogP contribution in [-0.4, -0.2) is 34.3 Å². The quantitative estimate of drug-likeness (QED) is 0.141. The molecule has 1 fully saturated rings. The molecule has 35 heavy (non-hydrogen) atoms. The van der Waals surface area contributed by atoms with Gasteiger partial charge < -0.3 is 9.84 Å². The number of esters is 1. The van der Waals surface area contributed by atoms with Crippen LogP contribution in [0.1, 0.15) is 34.5 Å². The lowest BCUT2D eigenvalue weighted by Crippen LogP contribution is -2.29. The van der Waals surface area contributed by atoms with Gasteiger partial charge in [0, 0.05) is 17.3 Å². The highest BCUT2D eigenvalue weighted by Gasteiger charge is 2.48. The zero-order valence-electron chi connectivity index (χ0n) is 18.6. The van der Waals surface area contributed by atoms with Crippen LogP contribution >= 0.6 is 0 Å². The second-order valence-corrected chi connectivity index (χ2v) is 7.62. The molecule has 0 bridgehead atoms. The van der Waals surface area contributed by atoms with Crippen LogP contribution in [0.25, 0.3) is 5.76 Å². The smallest absolute Gasteiger partial charge is 0.338 e. The molecular weight excluding hydrogens is 452 g/mol. The van der Waals surface area contributed by atoms with Crippen molar-refractivity contribution in [3.05, 3.63) is 111 Å². The molecule has 0 spiro atoms. The number of anilines is 1. The van der Waals surface area contributed by atoms with E-state index in [4.69, 9.17) is 4.74 Å². The van der Waals surface area contributed by atoms with Crippen molar-refractivity contribution in [3.63, 3.8) is 0 Å². The third kappa shape index (κ3) is 4.26. The van der Waals surface area contributed by atoms with Gasteiger partial charge in [-0.15, -0.1) is 0 Å². The van der Waals surface area contributed by atoms with Crippen molar-refractivity contribution in [3.8, 4) is 0 Å². The Morgan fingerprint density at radius 3 is 2.23 bits per heavy atom. The van der Waals surface area contributed by atoms with E-state index in [0.717, 1.165) is 4.90 Å². The van der Waals surface area contributed by atoms with Crippen molar-refractivity contribution in [2.45, 2.75) is 13.0 Å². The lowest BCUT2D eigenvalue weighted by Gasteiger charge is -2.25. The zero-order valence-corrected chi connectivity index (χ0v) is 18.6. The Labute approximate surface area is 200 Å². The van der Waals surface area contributed by atoms with Gasteiger partial charge in [-0.05, 0) is 37.3 Å². The number of benzene rings is 3. The number of aliphatic hydroxyl groups excluding tert-OH is 1. The summed E-state index contributed by atoms with van der Waals surface area (Å²) in [5.74, 6) is -2.95. The summed E-state index contributed by atoms with van der Waals surface area (Å²) in [7, 11) is 0. The molecule has 0 radical (unpaired) electrons. The Kier molecular flexibility index (Phi) is 6.41. The number of nitro benzene ring substituents is 1. The topological polar surface area (TPSA) is 127 Å². The molecule has 1 atom stereocenters. The molecule has 0 saturated carbocycles. The number of amides is 1. The van der Waals surface area contributed by atoms with Crippen LogP contribution in [0.4, 0.5) is 11.4 Å². The normalized spacial score (nSPS) is 16.8. The number of hydrogen-bond donors (Lipinski definition) is 1. The summed E-state index contributed by atoms with van der Waals surface area (Å²) < 4.78 is 4.97. The molecule has 1 amide bonds. The van der Waals surface area contributed by atoms with E-state index in [1.54, 1.807) is 43.3 Å². The molecule has 3 aromatic carbocycles. The number of para-hydroxylation sites is 1. The minimum atomic E-state index is -1.27. The SMILES string of the molecule is CCOC(=O)c1ccc(N2C(=O)C(=O)/C(=C(/O)c3ccccc3)C2c2ccccc2[N+](=O)[O-])cc1. The second kappa shape index (κ2) is 9.60. The molecule has 1 aliphatic heterocycles. The Bertz CT molecular complexity index is 1350. The first-order valence-electron chi connectivity index (χ1n) is 10.7. The molecule has 9 heteroatoms. The van der Waals surface area contributed by atoms with Crippen molar-refractivity contribution in [1.82, 2.24) is 0 Å². The fourth-order valence-electron chi connectivity index (χ4n) is 4.00. The number of ketones is 1. The van der Waals surface area contributed by atoms with E-state index >= 15 is 0 Å². The van der Waals surface area contributed by atoms with Crippen LogP contribution in [0.15, 0.2) is 84.4 Å². The van der Waals surface area contributed by atoms with Crippen molar-refractivity contribution in [2.75, 3.05) is 11.5 Å². The molecule has 0 aromatic heterocycles. The highest BCUT2D eigenvalue weighted by atomic mass is 16.6. The van der Waals surface area contributed by atoms with Gasteiger partial charge in [-0.25, -0.2) is 4.79 Å². The molecule has 1 aliphatic rings. The molecule has 1 unspecified atom stereocenters. The number of rotatable bonds is 6. The van der Waals surface area contributed by atoms with Crippen LogP contribution < -0.4 is 4.90 Å². The monoisotopic (exact) mass is 472 g/mol. The van der Waals surface area contributed by atoms with E-state index in [1.807, 2.05) is 0 Å². The number of carbonyl (C=O) groups excluding carboxylic acids is 3. The summed E-state index contributed by atoms with van der Waals surface area (Å²) in [6.07, 6.45) is 0. The maximum absolute atomic E-state index is 13.2. The molecule has 1 saturated heterocycles. The van der Waals surface area contributed by atoms with Crippen LogP contribution in [0.5, 0.6) is 0 Å². The standard InChI is InChI=1S/C26H20N2O7/c1-2-35-26(32)17-12-14-18(15-13-17)27-22(19-10-6-7-11-20(19)28(33)34)21(24(30)25(27)31)23(29)16-8-4-3-5-9-16/h3-15,22,29H,2H2,1H3/b23-21+. The number of hydrogen-bond acceptors (Lipinski definition) is 7. The molecule has 3 aromatic rings. The fraction of sp³-hybridized carbons (Fsp3) is 0.115. The van der Waals surface area contributed by atoms with Crippen LogP contribution in [0.2, 0.25) is 0 Å². The Morgan fingerprint density at radius 1 is 0.971 bits per heavy atom. The first-order valence-corrected chi connectivity index (χ1v) is 10.7. The lowest BCUT2D eigenvalue weighted by molar-refractivity contribution is -0.385. The number of nitrogens with zero attached hydrogens (tertiary/aromatic N) is 2. The van der Waals surface area contributed by atoms with Crippen LogP contribution in [-0.2, 0) is 14.3 Å². The first-order chi connectivity index (χ1) is 16.8. The van der Waals surface area contributed by atoms with Crippen molar-refractivity contribution in [1.29, 1.82) is 0 Å². The summed E-state index contributed by atoms with van der Waals surface area (Å²) >= 11 is 0. The Hall–Kier alpha value is -4.79. The van der Waals surface area contributed by atoms with E-state index < -0.39 is 34.4 Å². The zero-order chi connectivity index (χ0) is 25.1. The average molecular weight is 472 g/mol. The third-order valence-electron chi connectivity index (χ3n) is 5.58.